The van der Waals surface area contributed by atoms with E-state index in [0.29, 0.717) is 38.1 Å². The van der Waals surface area contributed by atoms with Crippen molar-refractivity contribution in [3.63, 3.8) is 0 Å². The molecule has 2 saturated heterocycles. The number of rotatable bonds is 7. The molecule has 2 fully saturated rings. The molecule has 0 N–H and O–H groups in total. The number of carbonyl (C=O) groups excluding carboxylic acids is 1. The highest BCUT2D eigenvalue weighted by Gasteiger charge is 2.51. The Bertz CT molecular complexity index is 1210. The second-order valence-electron chi connectivity index (χ2n) is 10.7. The van der Waals surface area contributed by atoms with E-state index in [1.807, 2.05) is 65.6 Å². The van der Waals surface area contributed by atoms with E-state index in [0.717, 1.165) is 11.1 Å². The molecule has 0 spiro atoms. The average molecular weight is 553 g/mol. The molecule has 200 valence electrons. The molecule has 1 amide bonds. The molecule has 0 aliphatic carbocycles. The molecule has 0 bridgehead atoms. The van der Waals surface area contributed by atoms with Crippen LogP contribution in [0.4, 0.5) is 16.6 Å². The molecule has 2 aliphatic rings. The third-order valence-corrected chi connectivity index (χ3v) is 8.30. The van der Waals surface area contributed by atoms with Gasteiger partial charge in [-0.3, -0.25) is 4.90 Å². The second kappa shape index (κ2) is 11.0. The summed E-state index contributed by atoms with van der Waals surface area (Å²) < 4.78 is 18.6. The zero-order valence-electron chi connectivity index (χ0n) is 22.0. The first-order valence-electron chi connectivity index (χ1n) is 12.9. The predicted molar refractivity (Wildman–Crippen MR) is 151 cm³/mol. The van der Waals surface area contributed by atoms with Crippen molar-refractivity contribution in [2.75, 3.05) is 42.6 Å². The Labute approximate surface area is 230 Å². The van der Waals surface area contributed by atoms with Crippen LogP contribution in [0.25, 0.3) is 0 Å². The fraction of sp³-hybridized carbons (Fsp3) is 0.393. The van der Waals surface area contributed by atoms with E-state index in [1.54, 1.807) is 6.07 Å². The van der Waals surface area contributed by atoms with Gasteiger partial charge in [-0.15, -0.1) is 0 Å². The lowest BCUT2D eigenvalue weighted by Crippen LogP contribution is -2.47. The van der Waals surface area contributed by atoms with Crippen molar-refractivity contribution in [1.29, 1.82) is 0 Å². The molecule has 0 unspecified atom stereocenters. The fourth-order valence-electron chi connectivity index (χ4n) is 4.80. The first-order valence-corrected chi connectivity index (χ1v) is 14.5. The molecular formula is C28H33ClN4O4Si. The minimum absolute atomic E-state index is 0.0182. The highest BCUT2D eigenvalue weighted by Crippen LogP contribution is 2.43. The smallest absolute Gasteiger partial charge is 0.416 e. The Morgan fingerprint density at radius 3 is 2.16 bits per heavy atom. The van der Waals surface area contributed by atoms with Gasteiger partial charge < -0.3 is 18.8 Å². The molecular weight excluding hydrogens is 520 g/mol. The Morgan fingerprint density at radius 1 is 0.974 bits per heavy atom. The minimum Gasteiger partial charge on any atom is -0.440 e. The van der Waals surface area contributed by atoms with Gasteiger partial charge in [-0.1, -0.05) is 93.0 Å². The largest absolute Gasteiger partial charge is 0.440 e. The Balaban J connectivity index is 1.55. The van der Waals surface area contributed by atoms with Crippen LogP contribution in [-0.4, -0.2) is 64.8 Å². The normalized spacial score (nSPS) is 18.8. The second-order valence-corrected chi connectivity index (χ2v) is 13.8. The summed E-state index contributed by atoms with van der Waals surface area (Å²) in [5.41, 5.74) is 0.908. The van der Waals surface area contributed by atoms with Gasteiger partial charge in [0.15, 0.2) is 15.9 Å². The van der Waals surface area contributed by atoms with E-state index >= 15 is 0 Å². The number of cyclic esters (lactones) is 1. The number of amides is 1. The van der Waals surface area contributed by atoms with Crippen molar-refractivity contribution in [2.45, 2.75) is 37.5 Å². The molecule has 3 aromatic rings. The minimum atomic E-state index is -1.07. The summed E-state index contributed by atoms with van der Waals surface area (Å²) in [5.74, 6) is 0.878. The van der Waals surface area contributed by atoms with Crippen molar-refractivity contribution in [1.82, 2.24) is 9.97 Å². The van der Waals surface area contributed by atoms with Gasteiger partial charge in [0.1, 0.15) is 16.6 Å². The lowest BCUT2D eigenvalue weighted by Gasteiger charge is -2.40. The molecule has 8 nitrogen and oxygen atoms in total. The lowest BCUT2D eigenvalue weighted by molar-refractivity contribution is -0.0146. The number of benzene rings is 2. The summed E-state index contributed by atoms with van der Waals surface area (Å²) >= 11 is 6.41. The number of hydrogen-bond donors (Lipinski definition) is 0. The van der Waals surface area contributed by atoms with Gasteiger partial charge in [0, 0.05) is 19.2 Å². The maximum absolute atomic E-state index is 13.4. The standard InChI is InChI=1S/C28H33ClN4O4Si/c1-27(2,3)38-37-28(20-10-6-4-7-11-20,21-12-8-5-9-13-21)22-19-33(26(34)36-22)24-18-23(29)30-25(31-24)32-14-16-35-17-15-32/h4-13,18,22H,14-17,19,38H2,1-3H3/t22-/m0/s1. The molecule has 2 aromatic carbocycles. The van der Waals surface area contributed by atoms with E-state index in [4.69, 9.17) is 30.5 Å². The van der Waals surface area contributed by atoms with Gasteiger partial charge in [-0.25, -0.2) is 9.78 Å². The molecule has 5 rings (SSSR count). The van der Waals surface area contributed by atoms with Crippen LogP contribution < -0.4 is 9.80 Å². The van der Waals surface area contributed by atoms with Crippen LogP contribution in [0.3, 0.4) is 0 Å². The molecule has 0 radical (unpaired) electrons. The molecule has 0 saturated carbocycles. The maximum Gasteiger partial charge on any atom is 0.416 e. The number of aromatic nitrogens is 2. The molecule has 3 heterocycles. The number of halogens is 1. The fourth-order valence-corrected chi connectivity index (χ4v) is 6.15. The van der Waals surface area contributed by atoms with Gasteiger partial charge in [0.05, 0.1) is 19.8 Å². The Kier molecular flexibility index (Phi) is 7.72. The van der Waals surface area contributed by atoms with Crippen molar-refractivity contribution in [2.24, 2.45) is 0 Å². The van der Waals surface area contributed by atoms with E-state index in [2.05, 4.69) is 25.8 Å². The summed E-state index contributed by atoms with van der Waals surface area (Å²) in [6.45, 7) is 9.29. The number of morpholine rings is 1. The van der Waals surface area contributed by atoms with Crippen LogP contribution in [0.15, 0.2) is 66.7 Å². The van der Waals surface area contributed by atoms with Crippen molar-refractivity contribution in [3.05, 3.63) is 83.0 Å². The zero-order chi connectivity index (χ0) is 26.8. The number of anilines is 2. The monoisotopic (exact) mass is 552 g/mol. The number of nitrogens with zero attached hydrogens (tertiary/aromatic N) is 4. The summed E-state index contributed by atoms with van der Waals surface area (Å²) in [6, 6.07) is 21.7. The first-order chi connectivity index (χ1) is 18.3. The first kappa shape index (κ1) is 26.6. The van der Waals surface area contributed by atoms with Crippen LogP contribution >= 0.6 is 11.6 Å². The van der Waals surface area contributed by atoms with Gasteiger partial charge in [0.2, 0.25) is 5.95 Å². The SMILES string of the molecule is CC(C)(C)[SiH2]OC(c1ccccc1)(c1ccccc1)[C@@H]1CN(c2cc(Cl)nc(N3CCOCC3)n2)C(=O)O1. The summed E-state index contributed by atoms with van der Waals surface area (Å²) in [7, 11) is -1.07. The summed E-state index contributed by atoms with van der Waals surface area (Å²) in [6.07, 6.45) is -1.11. The van der Waals surface area contributed by atoms with Crippen LogP contribution in [0.1, 0.15) is 31.9 Å². The van der Waals surface area contributed by atoms with Gasteiger partial charge in [-0.2, -0.15) is 4.98 Å². The van der Waals surface area contributed by atoms with Crippen molar-refractivity contribution >= 4 is 39.2 Å². The summed E-state index contributed by atoms with van der Waals surface area (Å²) in [4.78, 5) is 26.1. The number of ether oxygens (including phenoxy) is 2. The molecule has 10 heteroatoms. The Morgan fingerprint density at radius 2 is 1.58 bits per heavy atom. The number of hydrogen-bond acceptors (Lipinski definition) is 7. The molecule has 1 atom stereocenters. The number of carbonyl (C=O) groups is 1. The van der Waals surface area contributed by atoms with Crippen molar-refractivity contribution < 1.29 is 18.7 Å². The zero-order valence-corrected chi connectivity index (χ0v) is 24.1. The van der Waals surface area contributed by atoms with E-state index in [9.17, 15) is 4.79 Å². The lowest BCUT2D eigenvalue weighted by atomic mass is 9.81. The van der Waals surface area contributed by atoms with Crippen LogP contribution in [0.2, 0.25) is 10.2 Å². The van der Waals surface area contributed by atoms with Crippen LogP contribution in [0, 0.1) is 0 Å². The molecule has 1 aromatic heterocycles. The van der Waals surface area contributed by atoms with Crippen molar-refractivity contribution in [3.8, 4) is 0 Å². The quantitative estimate of drug-likeness (QED) is 0.314. The van der Waals surface area contributed by atoms with E-state index in [1.165, 1.54) is 4.90 Å². The van der Waals surface area contributed by atoms with E-state index in [-0.39, 0.29) is 16.7 Å². The maximum atomic E-state index is 13.4. The van der Waals surface area contributed by atoms with Crippen LogP contribution in [0.5, 0.6) is 0 Å². The van der Waals surface area contributed by atoms with Gasteiger partial charge in [0.25, 0.3) is 0 Å². The highest BCUT2D eigenvalue weighted by atomic mass is 35.5. The third kappa shape index (κ3) is 5.56. The van der Waals surface area contributed by atoms with Crippen LogP contribution in [-0.2, 0) is 19.5 Å². The summed E-state index contributed by atoms with van der Waals surface area (Å²) in [5, 5.41) is 0.283. The highest BCUT2D eigenvalue weighted by molar-refractivity contribution is 6.32. The molecule has 2 aliphatic heterocycles. The average Bonchev–Trinajstić information content (AvgIpc) is 3.31. The predicted octanol–water partition coefficient (Wildman–Crippen LogP) is 4.55. The topological polar surface area (TPSA) is 77.0 Å². The molecule has 38 heavy (non-hydrogen) atoms. The van der Waals surface area contributed by atoms with Gasteiger partial charge in [-0.05, 0) is 16.2 Å². The Hall–Kier alpha value is -2.98. The van der Waals surface area contributed by atoms with E-state index < -0.39 is 27.6 Å². The van der Waals surface area contributed by atoms with Gasteiger partial charge >= 0.3 is 6.09 Å². The third-order valence-electron chi connectivity index (χ3n) is 6.64.